The summed E-state index contributed by atoms with van der Waals surface area (Å²) in [5.41, 5.74) is 0.546. The third kappa shape index (κ3) is 3.64. The molecule has 3 rings (SSSR count). The third-order valence-electron chi connectivity index (χ3n) is 4.44. The maximum Gasteiger partial charge on any atom is 0.243 e. The largest absolute Gasteiger partial charge is 0.326 e. The molecule has 6 heteroatoms. The molecular formula is C17H22N2O3S. The number of nitrogens with zero attached hydrogens (tertiary/aromatic N) is 1. The zero-order chi connectivity index (χ0) is 16.3. The van der Waals surface area contributed by atoms with Crippen molar-refractivity contribution in [2.45, 2.75) is 37.0 Å². The third-order valence-corrected chi connectivity index (χ3v) is 6.34. The zero-order valence-corrected chi connectivity index (χ0v) is 13.9. The predicted octanol–water partition coefficient (Wildman–Crippen LogP) is 2.77. The highest BCUT2D eigenvalue weighted by molar-refractivity contribution is 7.89. The standard InChI is InChI=1S/C17H22N2O3S/c20-17(14-7-2-1-3-8-14)18-15-9-6-10-16(13-15)23(21,22)19-11-4-5-12-19/h1-2,6,9-10,13-14H,3-5,7-8,11-12H2,(H,18,20). The molecule has 1 atom stereocenters. The summed E-state index contributed by atoms with van der Waals surface area (Å²) in [6, 6.07) is 6.57. The summed E-state index contributed by atoms with van der Waals surface area (Å²) in [4.78, 5) is 12.5. The molecule has 1 aromatic carbocycles. The van der Waals surface area contributed by atoms with Crippen LogP contribution >= 0.6 is 0 Å². The second kappa shape index (κ2) is 6.84. The minimum atomic E-state index is -3.45. The van der Waals surface area contributed by atoms with Crippen LogP contribution in [0.2, 0.25) is 0 Å². The van der Waals surface area contributed by atoms with Gasteiger partial charge in [0, 0.05) is 24.7 Å². The average Bonchev–Trinajstić information content (AvgIpc) is 3.11. The van der Waals surface area contributed by atoms with Gasteiger partial charge in [0.05, 0.1) is 4.90 Å². The average molecular weight is 334 g/mol. The van der Waals surface area contributed by atoms with E-state index in [0.717, 1.165) is 32.1 Å². The van der Waals surface area contributed by atoms with Crippen LogP contribution in [0, 0.1) is 5.92 Å². The zero-order valence-electron chi connectivity index (χ0n) is 13.1. The number of allylic oxidation sites excluding steroid dienone is 2. The number of carbonyl (C=O) groups excluding carboxylic acids is 1. The number of benzene rings is 1. The van der Waals surface area contributed by atoms with Crippen LogP contribution in [0.1, 0.15) is 32.1 Å². The van der Waals surface area contributed by atoms with Gasteiger partial charge in [-0.1, -0.05) is 18.2 Å². The van der Waals surface area contributed by atoms with Gasteiger partial charge in [0.15, 0.2) is 0 Å². The molecule has 0 saturated carbocycles. The van der Waals surface area contributed by atoms with Gasteiger partial charge in [-0.25, -0.2) is 8.42 Å². The first-order chi connectivity index (χ1) is 11.1. The van der Waals surface area contributed by atoms with Crippen molar-refractivity contribution in [3.8, 4) is 0 Å². The van der Waals surface area contributed by atoms with E-state index in [0.29, 0.717) is 18.8 Å². The molecule has 0 radical (unpaired) electrons. The molecule has 1 unspecified atom stereocenters. The lowest BCUT2D eigenvalue weighted by molar-refractivity contribution is -0.120. The maximum absolute atomic E-state index is 12.6. The Morgan fingerprint density at radius 1 is 1.17 bits per heavy atom. The van der Waals surface area contributed by atoms with E-state index in [1.165, 1.54) is 4.31 Å². The molecule has 124 valence electrons. The van der Waals surface area contributed by atoms with Crippen molar-refractivity contribution in [1.29, 1.82) is 0 Å². The van der Waals surface area contributed by atoms with Gasteiger partial charge in [-0.3, -0.25) is 4.79 Å². The fourth-order valence-corrected chi connectivity index (χ4v) is 4.65. The van der Waals surface area contributed by atoms with Gasteiger partial charge in [0.1, 0.15) is 0 Å². The SMILES string of the molecule is O=C(Nc1cccc(S(=O)(=O)N2CCCC2)c1)C1CC=CCC1. The fourth-order valence-electron chi connectivity index (χ4n) is 3.09. The van der Waals surface area contributed by atoms with Gasteiger partial charge in [0.25, 0.3) is 0 Å². The highest BCUT2D eigenvalue weighted by Crippen LogP contribution is 2.24. The van der Waals surface area contributed by atoms with E-state index in [4.69, 9.17) is 0 Å². The Morgan fingerprint density at radius 3 is 2.65 bits per heavy atom. The van der Waals surface area contributed by atoms with Gasteiger partial charge >= 0.3 is 0 Å². The summed E-state index contributed by atoms with van der Waals surface area (Å²) in [6.45, 7) is 1.15. The van der Waals surface area contributed by atoms with Crippen LogP contribution in [-0.2, 0) is 14.8 Å². The van der Waals surface area contributed by atoms with Crippen molar-refractivity contribution in [2.24, 2.45) is 5.92 Å². The van der Waals surface area contributed by atoms with E-state index in [2.05, 4.69) is 11.4 Å². The quantitative estimate of drug-likeness (QED) is 0.861. The van der Waals surface area contributed by atoms with Crippen molar-refractivity contribution in [1.82, 2.24) is 4.31 Å². The maximum atomic E-state index is 12.6. The molecule has 1 heterocycles. The van der Waals surface area contributed by atoms with Crippen molar-refractivity contribution in [2.75, 3.05) is 18.4 Å². The lowest BCUT2D eigenvalue weighted by Gasteiger charge is -2.18. The van der Waals surface area contributed by atoms with E-state index in [-0.39, 0.29) is 16.7 Å². The normalized spacial score (nSPS) is 22.2. The molecule has 2 aliphatic rings. The summed E-state index contributed by atoms with van der Waals surface area (Å²) in [5, 5.41) is 2.86. The molecular weight excluding hydrogens is 312 g/mol. The minimum absolute atomic E-state index is 0.0288. The van der Waals surface area contributed by atoms with Gasteiger partial charge in [0.2, 0.25) is 15.9 Å². The minimum Gasteiger partial charge on any atom is -0.326 e. The molecule has 1 aliphatic carbocycles. The number of carbonyl (C=O) groups is 1. The first kappa shape index (κ1) is 16.2. The number of anilines is 1. The number of hydrogen-bond acceptors (Lipinski definition) is 3. The Morgan fingerprint density at radius 2 is 1.96 bits per heavy atom. The topological polar surface area (TPSA) is 66.5 Å². The Bertz CT molecular complexity index is 706. The van der Waals surface area contributed by atoms with Gasteiger partial charge in [-0.2, -0.15) is 4.31 Å². The second-order valence-corrected chi connectivity index (χ2v) is 8.05. The number of sulfonamides is 1. The Kier molecular flexibility index (Phi) is 4.82. The van der Waals surface area contributed by atoms with Gasteiger partial charge in [-0.15, -0.1) is 0 Å². The van der Waals surface area contributed by atoms with Crippen molar-refractivity contribution in [3.63, 3.8) is 0 Å². The number of rotatable bonds is 4. The van der Waals surface area contributed by atoms with Crippen LogP contribution in [0.4, 0.5) is 5.69 Å². The summed E-state index contributed by atoms with van der Waals surface area (Å²) in [6.07, 6.45) is 8.44. The molecule has 1 aromatic rings. The summed E-state index contributed by atoms with van der Waals surface area (Å²) >= 11 is 0. The molecule has 1 saturated heterocycles. The Labute approximate surface area is 137 Å². The molecule has 5 nitrogen and oxygen atoms in total. The van der Waals surface area contributed by atoms with Crippen LogP contribution in [-0.4, -0.2) is 31.7 Å². The van der Waals surface area contributed by atoms with E-state index in [1.54, 1.807) is 24.3 Å². The molecule has 0 aromatic heterocycles. The molecule has 1 aliphatic heterocycles. The molecule has 1 fully saturated rings. The Balaban J connectivity index is 1.74. The first-order valence-corrected chi connectivity index (χ1v) is 9.57. The first-order valence-electron chi connectivity index (χ1n) is 8.13. The van der Waals surface area contributed by atoms with Crippen LogP contribution in [0.5, 0.6) is 0 Å². The lowest BCUT2D eigenvalue weighted by Crippen LogP contribution is -2.28. The molecule has 1 N–H and O–H groups in total. The van der Waals surface area contributed by atoms with Crippen LogP contribution in [0.15, 0.2) is 41.3 Å². The van der Waals surface area contributed by atoms with Crippen molar-refractivity contribution >= 4 is 21.6 Å². The van der Waals surface area contributed by atoms with Crippen LogP contribution in [0.3, 0.4) is 0 Å². The fraction of sp³-hybridized carbons (Fsp3) is 0.471. The smallest absolute Gasteiger partial charge is 0.243 e. The van der Waals surface area contributed by atoms with Crippen molar-refractivity contribution in [3.05, 3.63) is 36.4 Å². The van der Waals surface area contributed by atoms with Gasteiger partial charge in [-0.05, 0) is 50.3 Å². The molecule has 0 spiro atoms. The summed E-state index contributed by atoms with van der Waals surface area (Å²) in [5.74, 6) is -0.0658. The van der Waals surface area contributed by atoms with Crippen LogP contribution < -0.4 is 5.32 Å². The van der Waals surface area contributed by atoms with E-state index < -0.39 is 10.0 Å². The monoisotopic (exact) mass is 334 g/mol. The molecule has 1 amide bonds. The predicted molar refractivity (Wildman–Crippen MR) is 89.5 cm³/mol. The van der Waals surface area contributed by atoms with E-state index in [1.807, 2.05) is 6.08 Å². The molecule has 0 bridgehead atoms. The van der Waals surface area contributed by atoms with Gasteiger partial charge < -0.3 is 5.32 Å². The summed E-state index contributed by atoms with van der Waals surface area (Å²) in [7, 11) is -3.45. The van der Waals surface area contributed by atoms with Crippen molar-refractivity contribution < 1.29 is 13.2 Å². The number of amides is 1. The highest BCUT2D eigenvalue weighted by atomic mass is 32.2. The second-order valence-electron chi connectivity index (χ2n) is 6.11. The van der Waals surface area contributed by atoms with Crippen LogP contribution in [0.25, 0.3) is 0 Å². The highest BCUT2D eigenvalue weighted by Gasteiger charge is 2.27. The van der Waals surface area contributed by atoms with E-state index >= 15 is 0 Å². The summed E-state index contributed by atoms with van der Waals surface area (Å²) < 4.78 is 26.7. The van der Waals surface area contributed by atoms with E-state index in [9.17, 15) is 13.2 Å². The molecule has 23 heavy (non-hydrogen) atoms. The number of hydrogen-bond donors (Lipinski definition) is 1. The lowest BCUT2D eigenvalue weighted by atomic mass is 9.93. The number of nitrogens with one attached hydrogen (secondary N) is 1. The Hall–Kier alpha value is -1.66.